The van der Waals surface area contributed by atoms with Gasteiger partial charge in [-0.15, -0.1) is 0 Å². The SMILES string of the molecule is CCCCCCCCc1ccc(C=Cc2ccc(Oc3ccc(C=Cc4ccc(CCCCCCCC)cc4)cc3)cc2)cc1. The Morgan fingerprint density at radius 2 is 0.644 bits per heavy atom. The topological polar surface area (TPSA) is 9.23 Å². The van der Waals surface area contributed by atoms with Gasteiger partial charge in [0.25, 0.3) is 0 Å². The summed E-state index contributed by atoms with van der Waals surface area (Å²) in [5.41, 5.74) is 7.67. The Morgan fingerprint density at radius 1 is 0.356 bits per heavy atom. The largest absolute Gasteiger partial charge is 0.457 e. The van der Waals surface area contributed by atoms with Crippen LogP contribution in [0.1, 0.15) is 124 Å². The van der Waals surface area contributed by atoms with Crippen molar-refractivity contribution in [2.75, 3.05) is 0 Å². The predicted molar refractivity (Wildman–Crippen MR) is 198 cm³/mol. The molecule has 45 heavy (non-hydrogen) atoms. The Kier molecular flexibility index (Phi) is 15.3. The van der Waals surface area contributed by atoms with Crippen LogP contribution in [-0.4, -0.2) is 0 Å². The van der Waals surface area contributed by atoms with E-state index in [9.17, 15) is 0 Å². The second-order valence-corrected chi connectivity index (χ2v) is 12.4. The quantitative estimate of drug-likeness (QED) is 0.0726. The Balaban J connectivity index is 1.18. The number of rotatable bonds is 20. The zero-order valence-corrected chi connectivity index (χ0v) is 27.9. The van der Waals surface area contributed by atoms with Crippen LogP contribution in [0.4, 0.5) is 0 Å². The molecule has 4 aromatic rings. The van der Waals surface area contributed by atoms with Crippen molar-refractivity contribution in [1.29, 1.82) is 0 Å². The standard InChI is InChI=1S/C44H54O/c1-3-5-7-9-11-13-15-37-17-21-39(22-18-37)25-27-41-29-33-43(34-30-41)45-44-35-31-42(32-36-44)28-26-40-23-19-38(20-24-40)16-14-12-10-8-6-4-2/h17-36H,3-16H2,1-2H3. The summed E-state index contributed by atoms with van der Waals surface area (Å²) in [5.74, 6) is 1.69. The molecule has 0 N–H and O–H groups in total. The van der Waals surface area contributed by atoms with E-state index in [0.717, 1.165) is 22.6 Å². The van der Waals surface area contributed by atoms with Gasteiger partial charge >= 0.3 is 0 Å². The number of aryl methyl sites for hydroxylation is 2. The van der Waals surface area contributed by atoms with E-state index in [-0.39, 0.29) is 0 Å². The molecule has 0 fully saturated rings. The minimum Gasteiger partial charge on any atom is -0.457 e. The Bertz CT molecular complexity index is 1280. The zero-order chi connectivity index (χ0) is 31.4. The Morgan fingerprint density at radius 3 is 0.978 bits per heavy atom. The van der Waals surface area contributed by atoms with Crippen LogP contribution < -0.4 is 4.74 Å². The second kappa shape index (κ2) is 20.2. The highest BCUT2D eigenvalue weighted by molar-refractivity contribution is 5.71. The molecule has 0 saturated carbocycles. The molecule has 0 aliphatic carbocycles. The fourth-order valence-electron chi connectivity index (χ4n) is 5.62. The van der Waals surface area contributed by atoms with Gasteiger partial charge in [-0.3, -0.25) is 0 Å². The lowest BCUT2D eigenvalue weighted by atomic mass is 10.0. The van der Waals surface area contributed by atoms with Crippen LogP contribution in [-0.2, 0) is 12.8 Å². The lowest BCUT2D eigenvalue weighted by Gasteiger charge is -2.06. The number of hydrogen-bond acceptors (Lipinski definition) is 1. The normalized spacial score (nSPS) is 11.5. The third-order valence-corrected chi connectivity index (χ3v) is 8.53. The van der Waals surface area contributed by atoms with Crippen LogP contribution >= 0.6 is 0 Å². The van der Waals surface area contributed by atoms with Gasteiger partial charge in [-0.05, 0) is 83.3 Å². The van der Waals surface area contributed by atoms with Gasteiger partial charge in [0, 0.05) is 0 Å². The first kappa shape index (κ1) is 34.0. The molecule has 0 heterocycles. The van der Waals surface area contributed by atoms with E-state index in [1.807, 2.05) is 24.3 Å². The molecule has 0 saturated heterocycles. The summed E-state index contributed by atoms with van der Waals surface area (Å²) >= 11 is 0. The molecule has 1 heteroatoms. The lowest BCUT2D eigenvalue weighted by Crippen LogP contribution is -1.87. The fourth-order valence-corrected chi connectivity index (χ4v) is 5.62. The van der Waals surface area contributed by atoms with Gasteiger partial charge in [-0.1, -0.05) is 175 Å². The second-order valence-electron chi connectivity index (χ2n) is 12.4. The highest BCUT2D eigenvalue weighted by Crippen LogP contribution is 2.24. The average Bonchev–Trinajstić information content (AvgIpc) is 3.08. The molecule has 0 unspecified atom stereocenters. The molecule has 0 radical (unpaired) electrons. The van der Waals surface area contributed by atoms with Crippen molar-refractivity contribution >= 4 is 24.3 Å². The molecule has 0 aliphatic rings. The van der Waals surface area contributed by atoms with E-state index in [0.29, 0.717) is 0 Å². The van der Waals surface area contributed by atoms with Gasteiger partial charge in [0.15, 0.2) is 0 Å². The van der Waals surface area contributed by atoms with E-state index in [2.05, 4.69) is 111 Å². The molecule has 0 amide bonds. The molecular formula is C44H54O. The van der Waals surface area contributed by atoms with Gasteiger partial charge in [0.1, 0.15) is 11.5 Å². The van der Waals surface area contributed by atoms with Crippen molar-refractivity contribution in [2.24, 2.45) is 0 Å². The Hall–Kier alpha value is -3.84. The van der Waals surface area contributed by atoms with Gasteiger partial charge in [-0.2, -0.15) is 0 Å². The maximum absolute atomic E-state index is 6.11. The molecule has 236 valence electrons. The lowest BCUT2D eigenvalue weighted by molar-refractivity contribution is 0.482. The molecule has 0 aliphatic heterocycles. The van der Waals surface area contributed by atoms with E-state index >= 15 is 0 Å². The molecule has 4 aromatic carbocycles. The van der Waals surface area contributed by atoms with E-state index in [4.69, 9.17) is 4.74 Å². The van der Waals surface area contributed by atoms with Crippen LogP contribution in [0, 0.1) is 0 Å². The van der Waals surface area contributed by atoms with Crippen LogP contribution in [0.2, 0.25) is 0 Å². The summed E-state index contributed by atoms with van der Waals surface area (Å²) in [6.45, 7) is 4.55. The first-order chi connectivity index (χ1) is 22.2. The molecule has 0 aromatic heterocycles. The van der Waals surface area contributed by atoms with Gasteiger partial charge in [0.2, 0.25) is 0 Å². The van der Waals surface area contributed by atoms with Gasteiger partial charge in [-0.25, -0.2) is 0 Å². The third kappa shape index (κ3) is 13.4. The van der Waals surface area contributed by atoms with Crippen LogP contribution in [0.25, 0.3) is 24.3 Å². The third-order valence-electron chi connectivity index (χ3n) is 8.53. The first-order valence-electron chi connectivity index (χ1n) is 17.6. The van der Waals surface area contributed by atoms with Crippen molar-refractivity contribution in [3.05, 3.63) is 130 Å². The summed E-state index contributed by atoms with van der Waals surface area (Å²) in [5, 5.41) is 0. The number of ether oxygens (including phenoxy) is 1. The van der Waals surface area contributed by atoms with Gasteiger partial charge < -0.3 is 4.74 Å². The fraction of sp³-hybridized carbons (Fsp3) is 0.364. The minimum atomic E-state index is 0.843. The van der Waals surface area contributed by atoms with E-state index in [1.54, 1.807) is 0 Å². The van der Waals surface area contributed by atoms with Crippen molar-refractivity contribution in [2.45, 2.75) is 104 Å². The molecule has 0 atom stereocenters. The minimum absolute atomic E-state index is 0.843. The summed E-state index contributed by atoms with van der Waals surface area (Å²) in [7, 11) is 0. The van der Waals surface area contributed by atoms with Crippen molar-refractivity contribution in [3.8, 4) is 11.5 Å². The van der Waals surface area contributed by atoms with Crippen LogP contribution in [0.15, 0.2) is 97.1 Å². The smallest absolute Gasteiger partial charge is 0.127 e. The summed E-state index contributed by atoms with van der Waals surface area (Å²) in [6, 6.07) is 34.6. The maximum Gasteiger partial charge on any atom is 0.127 e. The number of unbranched alkanes of at least 4 members (excludes halogenated alkanes) is 10. The van der Waals surface area contributed by atoms with Crippen molar-refractivity contribution < 1.29 is 4.74 Å². The molecular weight excluding hydrogens is 544 g/mol. The zero-order valence-electron chi connectivity index (χ0n) is 27.9. The molecule has 4 rings (SSSR count). The summed E-state index contributed by atoms with van der Waals surface area (Å²) in [6.07, 6.45) is 27.2. The van der Waals surface area contributed by atoms with Crippen LogP contribution in [0.3, 0.4) is 0 Å². The van der Waals surface area contributed by atoms with Crippen LogP contribution in [0.5, 0.6) is 11.5 Å². The molecule has 0 spiro atoms. The van der Waals surface area contributed by atoms with E-state index < -0.39 is 0 Å². The first-order valence-corrected chi connectivity index (χ1v) is 17.6. The predicted octanol–water partition coefficient (Wildman–Crippen LogP) is 13.6. The molecule has 0 bridgehead atoms. The summed E-state index contributed by atoms with van der Waals surface area (Å²) in [4.78, 5) is 0. The molecule has 1 nitrogen and oxygen atoms in total. The number of benzene rings is 4. The Labute approximate surface area is 274 Å². The van der Waals surface area contributed by atoms with Crippen molar-refractivity contribution in [3.63, 3.8) is 0 Å². The van der Waals surface area contributed by atoms with Gasteiger partial charge in [0.05, 0.1) is 0 Å². The maximum atomic E-state index is 6.11. The monoisotopic (exact) mass is 598 g/mol. The highest BCUT2D eigenvalue weighted by Gasteiger charge is 2.00. The number of hydrogen-bond donors (Lipinski definition) is 0. The average molecular weight is 599 g/mol. The van der Waals surface area contributed by atoms with Crippen molar-refractivity contribution in [1.82, 2.24) is 0 Å². The highest BCUT2D eigenvalue weighted by atomic mass is 16.5. The van der Waals surface area contributed by atoms with E-state index in [1.165, 1.54) is 112 Å². The summed E-state index contributed by atoms with van der Waals surface area (Å²) < 4.78 is 6.11.